The Morgan fingerprint density at radius 2 is 2.05 bits per heavy atom. The number of para-hydroxylation sites is 1. The summed E-state index contributed by atoms with van der Waals surface area (Å²) in [4.78, 5) is 11.6. The topological polar surface area (TPSA) is 61.4 Å². The van der Waals surface area contributed by atoms with Gasteiger partial charge in [0.25, 0.3) is 0 Å². The first-order valence-electron chi connectivity index (χ1n) is 6.39. The van der Waals surface area contributed by atoms with Gasteiger partial charge in [0.2, 0.25) is 0 Å². The lowest BCUT2D eigenvalue weighted by Gasteiger charge is -2.27. The van der Waals surface area contributed by atoms with E-state index in [9.17, 15) is 18.7 Å². The summed E-state index contributed by atoms with van der Waals surface area (Å²) in [5.41, 5.74) is -1.60. The molecule has 0 bridgehead atoms. The second-order valence-corrected chi connectivity index (χ2v) is 4.80. The molecule has 0 aromatic heterocycles. The summed E-state index contributed by atoms with van der Waals surface area (Å²) in [6.45, 7) is -0.00853. The summed E-state index contributed by atoms with van der Waals surface area (Å²) in [6.07, 6.45) is 5.76. The number of allylic oxidation sites excluding steroid dienone is 1. The minimum atomic E-state index is -1.09. The third-order valence-electron chi connectivity index (χ3n) is 3.16. The fraction of sp³-hybridized carbons (Fsp3) is 0.357. The molecule has 4 nitrogen and oxygen atoms in total. The number of urea groups is 1. The van der Waals surface area contributed by atoms with Crippen molar-refractivity contribution in [2.75, 3.05) is 11.9 Å². The molecule has 2 amide bonds. The molecule has 2 rings (SSSR count). The number of aliphatic hydroxyl groups is 1. The first-order valence-corrected chi connectivity index (χ1v) is 6.39. The normalized spacial score (nSPS) is 21.6. The van der Waals surface area contributed by atoms with Crippen molar-refractivity contribution in [3.8, 4) is 0 Å². The van der Waals surface area contributed by atoms with Gasteiger partial charge in [0, 0.05) is 0 Å². The van der Waals surface area contributed by atoms with Gasteiger partial charge in [-0.2, -0.15) is 0 Å². The van der Waals surface area contributed by atoms with E-state index >= 15 is 0 Å². The van der Waals surface area contributed by atoms with E-state index in [0.29, 0.717) is 6.42 Å². The monoisotopic (exact) mass is 282 g/mol. The van der Waals surface area contributed by atoms with E-state index in [1.165, 1.54) is 6.07 Å². The van der Waals surface area contributed by atoms with Crippen LogP contribution >= 0.6 is 0 Å². The zero-order chi connectivity index (χ0) is 14.6. The Balaban J connectivity index is 1.93. The number of hydrogen-bond donors (Lipinski definition) is 3. The highest BCUT2D eigenvalue weighted by atomic mass is 19.1. The Kier molecular flexibility index (Phi) is 4.34. The van der Waals surface area contributed by atoms with Crippen LogP contribution in [0, 0.1) is 11.6 Å². The van der Waals surface area contributed by atoms with Crippen molar-refractivity contribution in [1.29, 1.82) is 0 Å². The fourth-order valence-electron chi connectivity index (χ4n) is 2.07. The lowest BCUT2D eigenvalue weighted by Crippen LogP contribution is -2.43. The highest BCUT2D eigenvalue weighted by Crippen LogP contribution is 2.21. The molecule has 0 fully saturated rings. The number of carbonyl (C=O) groups is 1. The number of rotatable bonds is 3. The highest BCUT2D eigenvalue weighted by Gasteiger charge is 2.26. The van der Waals surface area contributed by atoms with Gasteiger partial charge in [0.15, 0.2) is 0 Å². The molecule has 0 saturated carbocycles. The highest BCUT2D eigenvalue weighted by molar-refractivity contribution is 5.89. The van der Waals surface area contributed by atoms with Crippen molar-refractivity contribution in [3.05, 3.63) is 42.0 Å². The van der Waals surface area contributed by atoms with E-state index in [1.54, 1.807) is 6.08 Å². The van der Waals surface area contributed by atoms with Crippen molar-refractivity contribution in [1.82, 2.24) is 5.32 Å². The molecular formula is C14H16F2N2O2. The second-order valence-electron chi connectivity index (χ2n) is 4.80. The average molecular weight is 282 g/mol. The van der Waals surface area contributed by atoms with Gasteiger partial charge in [-0.3, -0.25) is 0 Å². The van der Waals surface area contributed by atoms with Crippen LogP contribution in [-0.4, -0.2) is 23.3 Å². The van der Waals surface area contributed by atoms with Crippen LogP contribution < -0.4 is 10.6 Å². The van der Waals surface area contributed by atoms with Gasteiger partial charge in [-0.05, 0) is 31.4 Å². The molecule has 0 saturated heterocycles. The molecule has 1 aromatic rings. The Hall–Kier alpha value is -1.95. The number of amides is 2. The number of hydrogen-bond acceptors (Lipinski definition) is 2. The summed E-state index contributed by atoms with van der Waals surface area (Å²) in [6, 6.07) is 2.55. The number of halogens is 2. The molecule has 20 heavy (non-hydrogen) atoms. The molecule has 1 aliphatic rings. The molecule has 1 aromatic carbocycles. The van der Waals surface area contributed by atoms with E-state index in [0.717, 1.165) is 25.0 Å². The van der Waals surface area contributed by atoms with Crippen molar-refractivity contribution in [2.24, 2.45) is 0 Å². The largest absolute Gasteiger partial charge is 0.384 e. The molecule has 6 heteroatoms. The Bertz CT molecular complexity index is 514. The van der Waals surface area contributed by atoms with Crippen molar-refractivity contribution in [3.63, 3.8) is 0 Å². The Morgan fingerprint density at radius 1 is 1.35 bits per heavy atom. The van der Waals surface area contributed by atoms with Gasteiger partial charge >= 0.3 is 6.03 Å². The number of nitrogens with one attached hydrogen (secondary N) is 2. The predicted octanol–water partition coefficient (Wildman–Crippen LogP) is 2.56. The quantitative estimate of drug-likeness (QED) is 0.746. The molecule has 0 spiro atoms. The number of carbonyl (C=O) groups excluding carboxylic acids is 1. The van der Waals surface area contributed by atoms with Crippen LogP contribution in [0.2, 0.25) is 0 Å². The second kappa shape index (κ2) is 6.00. The first-order chi connectivity index (χ1) is 9.50. The molecular weight excluding hydrogens is 266 g/mol. The standard InChI is InChI=1S/C14H16F2N2O2/c15-10-5-4-6-11(16)12(10)18-13(19)17-9-14(20)7-2-1-3-8-14/h2,4-7,20H,1,3,8-9H2,(H2,17,18,19). The van der Waals surface area contributed by atoms with Gasteiger partial charge in [0.05, 0.1) is 6.54 Å². The fourth-order valence-corrected chi connectivity index (χ4v) is 2.07. The van der Waals surface area contributed by atoms with Crippen LogP contribution in [-0.2, 0) is 0 Å². The van der Waals surface area contributed by atoms with Crippen LogP contribution in [0.4, 0.5) is 19.3 Å². The van der Waals surface area contributed by atoms with E-state index in [-0.39, 0.29) is 6.54 Å². The maximum absolute atomic E-state index is 13.3. The number of anilines is 1. The van der Waals surface area contributed by atoms with Crippen molar-refractivity contribution < 1.29 is 18.7 Å². The summed E-state index contributed by atoms with van der Waals surface area (Å²) in [5.74, 6) is -1.70. The zero-order valence-electron chi connectivity index (χ0n) is 10.8. The molecule has 0 aliphatic heterocycles. The van der Waals surface area contributed by atoms with Gasteiger partial charge < -0.3 is 15.7 Å². The molecule has 1 unspecified atom stereocenters. The molecule has 1 atom stereocenters. The van der Waals surface area contributed by atoms with Gasteiger partial charge in [-0.15, -0.1) is 0 Å². The smallest absolute Gasteiger partial charge is 0.319 e. The minimum Gasteiger partial charge on any atom is -0.384 e. The minimum absolute atomic E-state index is 0.00853. The lowest BCUT2D eigenvalue weighted by molar-refractivity contribution is 0.0768. The first kappa shape index (κ1) is 14.5. The van der Waals surface area contributed by atoms with E-state index in [2.05, 4.69) is 10.6 Å². The Morgan fingerprint density at radius 3 is 2.65 bits per heavy atom. The van der Waals surface area contributed by atoms with Crippen LogP contribution in [0.25, 0.3) is 0 Å². The zero-order valence-corrected chi connectivity index (χ0v) is 10.8. The molecule has 1 aliphatic carbocycles. The van der Waals surface area contributed by atoms with E-state index in [1.807, 2.05) is 6.08 Å². The average Bonchev–Trinajstić information content (AvgIpc) is 2.42. The number of benzene rings is 1. The van der Waals surface area contributed by atoms with Crippen LogP contribution in [0.3, 0.4) is 0 Å². The SMILES string of the molecule is O=C(NCC1(O)C=CCCC1)Nc1c(F)cccc1F. The Labute approximate surface area is 115 Å². The summed E-state index contributed by atoms with van der Waals surface area (Å²) >= 11 is 0. The van der Waals surface area contributed by atoms with Crippen LogP contribution in [0.15, 0.2) is 30.4 Å². The van der Waals surface area contributed by atoms with Gasteiger partial charge in [-0.1, -0.05) is 18.2 Å². The van der Waals surface area contributed by atoms with Crippen molar-refractivity contribution >= 4 is 11.7 Å². The summed E-state index contributed by atoms with van der Waals surface area (Å²) < 4.78 is 26.7. The van der Waals surface area contributed by atoms with Gasteiger partial charge in [-0.25, -0.2) is 13.6 Å². The van der Waals surface area contributed by atoms with Gasteiger partial charge in [0.1, 0.15) is 22.9 Å². The molecule has 3 N–H and O–H groups in total. The molecule has 0 radical (unpaired) electrons. The third kappa shape index (κ3) is 3.54. The predicted molar refractivity (Wildman–Crippen MR) is 71.3 cm³/mol. The third-order valence-corrected chi connectivity index (χ3v) is 3.16. The maximum atomic E-state index is 13.3. The summed E-state index contributed by atoms with van der Waals surface area (Å²) in [7, 11) is 0. The maximum Gasteiger partial charge on any atom is 0.319 e. The van der Waals surface area contributed by atoms with Crippen LogP contribution in [0.1, 0.15) is 19.3 Å². The molecule has 108 valence electrons. The lowest BCUT2D eigenvalue weighted by atomic mass is 9.91. The summed E-state index contributed by atoms with van der Waals surface area (Å²) in [5, 5.41) is 14.6. The van der Waals surface area contributed by atoms with E-state index < -0.39 is 29.0 Å². The van der Waals surface area contributed by atoms with Crippen LogP contribution in [0.5, 0.6) is 0 Å². The van der Waals surface area contributed by atoms with Crippen molar-refractivity contribution in [2.45, 2.75) is 24.9 Å². The molecule has 0 heterocycles. The van der Waals surface area contributed by atoms with E-state index in [4.69, 9.17) is 0 Å².